The molecule has 0 saturated carbocycles. The Hall–Kier alpha value is -0.630. The van der Waals surface area contributed by atoms with Gasteiger partial charge in [0.2, 0.25) is 0 Å². The van der Waals surface area contributed by atoms with E-state index >= 15 is 0 Å². The summed E-state index contributed by atoms with van der Waals surface area (Å²) in [4.78, 5) is 11.3. The largest absolute Gasteiger partial charge is 0.362 e. The summed E-state index contributed by atoms with van der Waals surface area (Å²) in [5.41, 5.74) is -0.264. The van der Waals surface area contributed by atoms with E-state index in [0.717, 1.165) is 0 Å². The van der Waals surface area contributed by atoms with E-state index in [0.29, 0.717) is 24.5 Å². The van der Waals surface area contributed by atoms with Crippen molar-refractivity contribution in [2.24, 2.45) is 5.92 Å². The molecule has 0 amide bonds. The molecule has 1 fully saturated rings. The third-order valence-electron chi connectivity index (χ3n) is 2.84. The van der Waals surface area contributed by atoms with Crippen molar-refractivity contribution in [1.82, 2.24) is 0 Å². The van der Waals surface area contributed by atoms with Gasteiger partial charge in [-0.2, -0.15) is 0 Å². The summed E-state index contributed by atoms with van der Waals surface area (Å²) < 4.78 is 5.78. The van der Waals surface area contributed by atoms with Crippen molar-refractivity contribution in [2.75, 3.05) is 0 Å². The lowest BCUT2D eigenvalue weighted by molar-refractivity contribution is -0.142. The van der Waals surface area contributed by atoms with Gasteiger partial charge in [0.15, 0.2) is 0 Å². The highest BCUT2D eigenvalue weighted by Gasteiger charge is 2.44. The summed E-state index contributed by atoms with van der Waals surface area (Å²) in [7, 11) is 0. The minimum absolute atomic E-state index is 0.0636. The number of ketones is 1. The molecule has 2 aliphatic heterocycles. The van der Waals surface area contributed by atoms with E-state index in [1.54, 1.807) is 0 Å². The molecule has 2 atom stereocenters. The molecule has 0 aromatic rings. The van der Waals surface area contributed by atoms with Crippen LogP contribution in [-0.2, 0) is 9.53 Å². The quantitative estimate of drug-likeness (QED) is 0.554. The van der Waals surface area contributed by atoms with E-state index in [4.69, 9.17) is 4.74 Å². The zero-order valence-electron chi connectivity index (χ0n) is 7.54. The molecule has 1 saturated heterocycles. The first kappa shape index (κ1) is 7.99. The average molecular weight is 166 g/mol. The van der Waals surface area contributed by atoms with Crippen LogP contribution in [0.4, 0.5) is 0 Å². The van der Waals surface area contributed by atoms with Gasteiger partial charge in [0.05, 0.1) is 11.7 Å². The molecule has 12 heavy (non-hydrogen) atoms. The Labute approximate surface area is 72.6 Å². The Morgan fingerprint density at radius 3 is 3.08 bits per heavy atom. The zero-order valence-corrected chi connectivity index (χ0v) is 7.54. The second-order valence-corrected chi connectivity index (χ2v) is 4.04. The van der Waals surface area contributed by atoms with Crippen molar-refractivity contribution in [3.63, 3.8) is 0 Å². The third-order valence-corrected chi connectivity index (χ3v) is 2.84. The van der Waals surface area contributed by atoms with E-state index in [1.165, 1.54) is 0 Å². The topological polar surface area (TPSA) is 26.3 Å². The van der Waals surface area contributed by atoms with Crippen LogP contribution in [-0.4, -0.2) is 17.5 Å². The number of ether oxygens (including phenoxy) is 1. The molecule has 2 aliphatic rings. The SMILES string of the molecule is CC(C)[C@]12C=C[C@@H](CC(=O)C1)O2. The van der Waals surface area contributed by atoms with Gasteiger partial charge in [-0.25, -0.2) is 0 Å². The lowest BCUT2D eigenvalue weighted by Crippen LogP contribution is -2.42. The summed E-state index contributed by atoms with van der Waals surface area (Å²) in [6.07, 6.45) is 5.31. The van der Waals surface area contributed by atoms with Crippen LogP contribution in [0.3, 0.4) is 0 Å². The first-order valence-corrected chi connectivity index (χ1v) is 4.51. The molecule has 2 heteroatoms. The van der Waals surface area contributed by atoms with Gasteiger partial charge in [-0.05, 0) is 5.92 Å². The fourth-order valence-electron chi connectivity index (χ4n) is 1.98. The molecule has 0 N–H and O–H groups in total. The maximum atomic E-state index is 11.3. The normalized spacial score (nSPS) is 39.6. The molecular formula is C10H14O2. The van der Waals surface area contributed by atoms with E-state index in [1.807, 2.05) is 6.08 Å². The highest BCUT2D eigenvalue weighted by Crippen LogP contribution is 2.39. The van der Waals surface area contributed by atoms with Crippen molar-refractivity contribution in [3.8, 4) is 0 Å². The molecular weight excluding hydrogens is 152 g/mol. The number of fused-ring (bicyclic) bond motifs is 2. The van der Waals surface area contributed by atoms with Crippen LogP contribution in [0.2, 0.25) is 0 Å². The van der Waals surface area contributed by atoms with Crippen molar-refractivity contribution in [3.05, 3.63) is 12.2 Å². The second-order valence-electron chi connectivity index (χ2n) is 4.04. The fraction of sp³-hybridized carbons (Fsp3) is 0.700. The summed E-state index contributed by atoms with van der Waals surface area (Å²) in [5.74, 6) is 0.730. The number of carbonyl (C=O) groups excluding carboxylic acids is 1. The van der Waals surface area contributed by atoms with Gasteiger partial charge in [-0.3, -0.25) is 4.79 Å². The zero-order chi connectivity index (χ0) is 8.77. The van der Waals surface area contributed by atoms with Crippen molar-refractivity contribution >= 4 is 5.78 Å². The van der Waals surface area contributed by atoms with Crippen molar-refractivity contribution < 1.29 is 9.53 Å². The maximum absolute atomic E-state index is 11.3. The lowest BCUT2D eigenvalue weighted by atomic mass is 9.85. The highest BCUT2D eigenvalue weighted by atomic mass is 16.5. The lowest BCUT2D eigenvalue weighted by Gasteiger charge is -2.35. The minimum atomic E-state index is -0.264. The second kappa shape index (κ2) is 2.43. The molecule has 0 radical (unpaired) electrons. The van der Waals surface area contributed by atoms with Crippen LogP contribution in [0.15, 0.2) is 12.2 Å². The molecule has 0 spiro atoms. The molecule has 2 heterocycles. The molecule has 2 bridgehead atoms. The third kappa shape index (κ3) is 1.02. The van der Waals surface area contributed by atoms with Gasteiger partial charge in [-0.15, -0.1) is 0 Å². The van der Waals surface area contributed by atoms with Crippen LogP contribution in [0.25, 0.3) is 0 Å². The smallest absolute Gasteiger partial charge is 0.139 e. The van der Waals surface area contributed by atoms with Crippen LogP contribution in [0.5, 0.6) is 0 Å². The van der Waals surface area contributed by atoms with Crippen LogP contribution in [0.1, 0.15) is 26.7 Å². The summed E-state index contributed by atoms with van der Waals surface area (Å²) in [6.45, 7) is 4.20. The number of carbonyl (C=O) groups is 1. The predicted molar refractivity (Wildman–Crippen MR) is 45.8 cm³/mol. The number of Topliss-reactive ketones (excluding diaryl/α,β-unsaturated/α-hetero) is 1. The first-order valence-electron chi connectivity index (χ1n) is 4.51. The van der Waals surface area contributed by atoms with E-state index in [-0.39, 0.29) is 11.7 Å². The van der Waals surface area contributed by atoms with Crippen molar-refractivity contribution in [1.29, 1.82) is 0 Å². The van der Waals surface area contributed by atoms with Gasteiger partial charge >= 0.3 is 0 Å². The Bertz CT molecular complexity index is 242. The maximum Gasteiger partial charge on any atom is 0.139 e. The standard InChI is InChI=1S/C10H14O2/c1-7(2)10-4-3-9(12-10)5-8(11)6-10/h3-4,7,9H,5-6H2,1-2H3/t9-,10-/m0/s1. The molecule has 0 unspecified atom stereocenters. The number of hydrogen-bond donors (Lipinski definition) is 0. The molecule has 2 nitrogen and oxygen atoms in total. The van der Waals surface area contributed by atoms with Crippen LogP contribution >= 0.6 is 0 Å². The predicted octanol–water partition coefficient (Wildman–Crippen LogP) is 1.70. The molecule has 0 aromatic heterocycles. The molecule has 0 aliphatic carbocycles. The van der Waals surface area contributed by atoms with Gasteiger partial charge in [0.1, 0.15) is 5.78 Å². The first-order chi connectivity index (χ1) is 5.62. The monoisotopic (exact) mass is 166 g/mol. The van der Waals surface area contributed by atoms with E-state index in [9.17, 15) is 4.79 Å². The van der Waals surface area contributed by atoms with Crippen LogP contribution in [0, 0.1) is 5.92 Å². The van der Waals surface area contributed by atoms with E-state index < -0.39 is 0 Å². The van der Waals surface area contributed by atoms with Crippen molar-refractivity contribution in [2.45, 2.75) is 38.4 Å². The Kier molecular flexibility index (Phi) is 1.62. The molecule has 0 aromatic carbocycles. The van der Waals surface area contributed by atoms with Gasteiger partial charge in [0.25, 0.3) is 0 Å². The van der Waals surface area contributed by atoms with E-state index in [2.05, 4.69) is 19.9 Å². The highest BCUT2D eigenvalue weighted by molar-refractivity contribution is 5.82. The fourth-order valence-corrected chi connectivity index (χ4v) is 1.98. The summed E-state index contributed by atoms with van der Waals surface area (Å²) in [5, 5.41) is 0. The Balaban J connectivity index is 2.27. The van der Waals surface area contributed by atoms with Gasteiger partial charge in [0, 0.05) is 12.8 Å². The summed E-state index contributed by atoms with van der Waals surface area (Å²) in [6, 6.07) is 0. The number of hydrogen-bond acceptors (Lipinski definition) is 2. The van der Waals surface area contributed by atoms with Gasteiger partial charge < -0.3 is 4.74 Å². The summed E-state index contributed by atoms with van der Waals surface area (Å²) >= 11 is 0. The molecule has 66 valence electrons. The minimum Gasteiger partial charge on any atom is -0.362 e. The Morgan fingerprint density at radius 2 is 2.42 bits per heavy atom. The Morgan fingerprint density at radius 1 is 1.67 bits per heavy atom. The van der Waals surface area contributed by atoms with Crippen LogP contribution < -0.4 is 0 Å². The molecule has 2 rings (SSSR count). The average Bonchev–Trinajstić information content (AvgIpc) is 2.28. The number of rotatable bonds is 1. The van der Waals surface area contributed by atoms with Gasteiger partial charge in [-0.1, -0.05) is 26.0 Å².